The number of carbonyl (C=O) groups excluding carboxylic acids is 2. The molecule has 1 saturated heterocycles. The van der Waals surface area contributed by atoms with Crippen LogP contribution in [0.3, 0.4) is 0 Å². The standard InChI is InChI=1S/C21H12Br2N2O5S/c22-13-3-1-12(2-4-13)11-24-20(26)19(31-21(24)27)10-15-6-8-18(30-15)16-7-5-14(25(28)29)9-17(16)23/h1-10H,11H2/b19-10-. The summed E-state index contributed by atoms with van der Waals surface area (Å²) in [5, 5.41) is 10.6. The number of benzene rings is 2. The molecule has 1 fully saturated rings. The second-order valence-corrected chi connectivity index (χ2v) is 9.28. The number of hydrogen-bond acceptors (Lipinski definition) is 6. The zero-order valence-corrected chi connectivity index (χ0v) is 19.6. The van der Waals surface area contributed by atoms with Crippen molar-refractivity contribution < 1.29 is 18.9 Å². The molecule has 156 valence electrons. The molecule has 10 heteroatoms. The van der Waals surface area contributed by atoms with Crippen LogP contribution < -0.4 is 0 Å². The lowest BCUT2D eigenvalue weighted by molar-refractivity contribution is -0.384. The predicted octanol–water partition coefficient (Wildman–Crippen LogP) is 6.62. The Labute approximate surface area is 197 Å². The van der Waals surface area contributed by atoms with E-state index in [9.17, 15) is 19.7 Å². The summed E-state index contributed by atoms with van der Waals surface area (Å²) >= 11 is 7.53. The van der Waals surface area contributed by atoms with Gasteiger partial charge in [-0.05, 0) is 63.6 Å². The molecule has 3 aromatic rings. The van der Waals surface area contributed by atoms with E-state index in [1.54, 1.807) is 18.2 Å². The van der Waals surface area contributed by atoms with Gasteiger partial charge in [-0.25, -0.2) is 0 Å². The molecular weight excluding hydrogens is 552 g/mol. The van der Waals surface area contributed by atoms with E-state index in [4.69, 9.17) is 4.42 Å². The molecule has 0 unspecified atom stereocenters. The molecule has 1 aliphatic heterocycles. The number of thioether (sulfide) groups is 1. The molecule has 1 aromatic heterocycles. The molecule has 0 atom stereocenters. The number of non-ortho nitro benzene ring substituents is 1. The third kappa shape index (κ3) is 4.65. The van der Waals surface area contributed by atoms with Crippen LogP contribution >= 0.6 is 43.6 Å². The lowest BCUT2D eigenvalue weighted by Crippen LogP contribution is -2.27. The van der Waals surface area contributed by atoms with E-state index in [1.807, 2.05) is 24.3 Å². The highest BCUT2D eigenvalue weighted by molar-refractivity contribution is 9.10. The Kier molecular flexibility index (Phi) is 6.12. The number of nitro groups is 1. The van der Waals surface area contributed by atoms with Crippen LogP contribution in [0.4, 0.5) is 10.5 Å². The molecule has 0 N–H and O–H groups in total. The Morgan fingerprint density at radius 1 is 1.06 bits per heavy atom. The number of furan rings is 1. The van der Waals surface area contributed by atoms with Gasteiger partial charge in [-0.3, -0.25) is 24.6 Å². The fourth-order valence-electron chi connectivity index (χ4n) is 2.93. The maximum Gasteiger partial charge on any atom is 0.293 e. The van der Waals surface area contributed by atoms with E-state index in [1.165, 1.54) is 23.1 Å². The van der Waals surface area contributed by atoms with Gasteiger partial charge in [0.2, 0.25) is 0 Å². The minimum atomic E-state index is -0.480. The number of rotatable bonds is 5. The molecule has 4 rings (SSSR count). The number of imide groups is 1. The number of nitro benzene ring substituents is 1. The summed E-state index contributed by atoms with van der Waals surface area (Å²) in [5.41, 5.74) is 1.44. The van der Waals surface area contributed by atoms with Gasteiger partial charge in [0.15, 0.2) is 0 Å². The second-order valence-electron chi connectivity index (χ2n) is 6.52. The van der Waals surface area contributed by atoms with Crippen molar-refractivity contribution >= 4 is 66.5 Å². The molecule has 2 amide bonds. The molecule has 7 nitrogen and oxygen atoms in total. The highest BCUT2D eigenvalue weighted by Crippen LogP contribution is 2.36. The Morgan fingerprint density at radius 3 is 2.48 bits per heavy atom. The SMILES string of the molecule is O=C1S/C(=C\c2ccc(-c3ccc([N+](=O)[O-])cc3Br)o2)C(=O)N1Cc1ccc(Br)cc1. The Bertz CT molecular complexity index is 1240. The van der Waals surface area contributed by atoms with Crippen molar-refractivity contribution in [2.75, 3.05) is 0 Å². The van der Waals surface area contributed by atoms with Crippen molar-refractivity contribution in [1.29, 1.82) is 0 Å². The Hall–Kier alpha value is -2.69. The molecule has 0 aliphatic carbocycles. The van der Waals surface area contributed by atoms with Gasteiger partial charge in [0.05, 0.1) is 16.4 Å². The molecule has 0 bridgehead atoms. The summed E-state index contributed by atoms with van der Waals surface area (Å²) in [6, 6.07) is 15.1. The first-order chi connectivity index (χ1) is 14.8. The minimum Gasteiger partial charge on any atom is -0.457 e. The predicted molar refractivity (Wildman–Crippen MR) is 124 cm³/mol. The summed E-state index contributed by atoms with van der Waals surface area (Å²) in [4.78, 5) is 36.9. The Morgan fingerprint density at radius 2 is 1.81 bits per heavy atom. The molecule has 0 spiro atoms. The topological polar surface area (TPSA) is 93.7 Å². The van der Waals surface area contributed by atoms with Crippen molar-refractivity contribution in [3.63, 3.8) is 0 Å². The molecule has 1 aliphatic rings. The largest absolute Gasteiger partial charge is 0.457 e. The van der Waals surface area contributed by atoms with Crippen LogP contribution in [0.15, 0.2) is 72.9 Å². The average molecular weight is 564 g/mol. The lowest BCUT2D eigenvalue weighted by atomic mass is 10.1. The van der Waals surface area contributed by atoms with E-state index in [0.29, 0.717) is 21.6 Å². The third-order valence-electron chi connectivity index (χ3n) is 4.46. The van der Waals surface area contributed by atoms with Crippen LogP contribution in [0.2, 0.25) is 0 Å². The van der Waals surface area contributed by atoms with Crippen LogP contribution in [0.5, 0.6) is 0 Å². The fraction of sp³-hybridized carbons (Fsp3) is 0.0476. The van der Waals surface area contributed by atoms with E-state index in [2.05, 4.69) is 31.9 Å². The number of hydrogen-bond donors (Lipinski definition) is 0. The van der Waals surface area contributed by atoms with Gasteiger partial charge < -0.3 is 4.42 Å². The van der Waals surface area contributed by atoms with Crippen LogP contribution in [0.25, 0.3) is 17.4 Å². The quantitative estimate of drug-likeness (QED) is 0.197. The maximum absolute atomic E-state index is 12.7. The lowest BCUT2D eigenvalue weighted by Gasteiger charge is -2.12. The van der Waals surface area contributed by atoms with Gasteiger partial charge in [0.1, 0.15) is 11.5 Å². The van der Waals surface area contributed by atoms with Crippen LogP contribution in [-0.4, -0.2) is 21.0 Å². The first-order valence-corrected chi connectivity index (χ1v) is 11.3. The monoisotopic (exact) mass is 562 g/mol. The summed E-state index contributed by atoms with van der Waals surface area (Å²) in [7, 11) is 0. The van der Waals surface area contributed by atoms with Crippen molar-refractivity contribution in [2.24, 2.45) is 0 Å². The van der Waals surface area contributed by atoms with Gasteiger partial charge >= 0.3 is 0 Å². The summed E-state index contributed by atoms with van der Waals surface area (Å²) in [5.74, 6) is 0.490. The van der Waals surface area contributed by atoms with Crippen molar-refractivity contribution in [3.8, 4) is 11.3 Å². The van der Waals surface area contributed by atoms with Gasteiger partial charge in [-0.15, -0.1) is 0 Å². The zero-order chi connectivity index (χ0) is 22.1. The summed E-state index contributed by atoms with van der Waals surface area (Å²) in [6.45, 7) is 0.189. The van der Waals surface area contributed by atoms with Gasteiger partial charge in [0, 0.05) is 32.7 Å². The van der Waals surface area contributed by atoms with Gasteiger partial charge in [0.25, 0.3) is 16.8 Å². The highest BCUT2D eigenvalue weighted by atomic mass is 79.9. The number of halogens is 2. The normalized spacial score (nSPS) is 15.2. The van der Waals surface area contributed by atoms with E-state index in [-0.39, 0.29) is 28.3 Å². The maximum atomic E-state index is 12.7. The smallest absolute Gasteiger partial charge is 0.293 e. The number of carbonyl (C=O) groups is 2. The number of nitrogens with zero attached hydrogens (tertiary/aromatic N) is 2. The first-order valence-electron chi connectivity index (χ1n) is 8.86. The van der Waals surface area contributed by atoms with Crippen LogP contribution in [0, 0.1) is 10.1 Å². The molecular formula is C21H12Br2N2O5S. The summed E-state index contributed by atoms with van der Waals surface area (Å²) < 4.78 is 7.21. The van der Waals surface area contributed by atoms with Crippen molar-refractivity contribution in [2.45, 2.75) is 6.54 Å². The molecule has 2 aromatic carbocycles. The molecule has 0 saturated carbocycles. The van der Waals surface area contributed by atoms with Crippen molar-refractivity contribution in [3.05, 3.63) is 89.9 Å². The molecule has 0 radical (unpaired) electrons. The van der Waals surface area contributed by atoms with Crippen LogP contribution in [0.1, 0.15) is 11.3 Å². The zero-order valence-electron chi connectivity index (χ0n) is 15.6. The van der Waals surface area contributed by atoms with Crippen LogP contribution in [-0.2, 0) is 11.3 Å². The van der Waals surface area contributed by atoms with Crippen molar-refractivity contribution in [1.82, 2.24) is 4.90 Å². The molecule has 31 heavy (non-hydrogen) atoms. The van der Waals surface area contributed by atoms with E-state index in [0.717, 1.165) is 21.8 Å². The van der Waals surface area contributed by atoms with Gasteiger partial charge in [-0.1, -0.05) is 28.1 Å². The number of amides is 2. The molecule has 2 heterocycles. The minimum absolute atomic E-state index is 0.0400. The van der Waals surface area contributed by atoms with E-state index >= 15 is 0 Å². The first kappa shape index (κ1) is 21.5. The highest BCUT2D eigenvalue weighted by Gasteiger charge is 2.35. The fourth-order valence-corrected chi connectivity index (χ4v) is 4.58. The van der Waals surface area contributed by atoms with Gasteiger partial charge in [-0.2, -0.15) is 0 Å². The van der Waals surface area contributed by atoms with E-state index < -0.39 is 4.92 Å². The summed E-state index contributed by atoms with van der Waals surface area (Å²) in [6.07, 6.45) is 1.52. The second kappa shape index (κ2) is 8.81. The third-order valence-corrected chi connectivity index (χ3v) is 6.55. The average Bonchev–Trinajstić information content (AvgIpc) is 3.29. The Balaban J connectivity index is 1.54.